The summed E-state index contributed by atoms with van der Waals surface area (Å²) in [4.78, 5) is 33.6. The lowest BCUT2D eigenvalue weighted by Gasteiger charge is -2.08. The molecule has 4 aromatic rings. The zero-order valence-electron chi connectivity index (χ0n) is 16.9. The first kappa shape index (κ1) is 20.5. The molecular formula is C23H19N3O4S. The van der Waals surface area contributed by atoms with Gasteiger partial charge in [0.2, 0.25) is 0 Å². The number of fused-ring (bicyclic) bond motifs is 1. The second-order valence-electron chi connectivity index (χ2n) is 6.72. The number of benzene rings is 2. The highest BCUT2D eigenvalue weighted by molar-refractivity contribution is 7.14. The molecule has 0 unspecified atom stereocenters. The van der Waals surface area contributed by atoms with E-state index in [1.165, 1.54) is 11.3 Å². The molecule has 0 aliphatic carbocycles. The highest BCUT2D eigenvalue weighted by Gasteiger charge is 2.16. The van der Waals surface area contributed by atoms with Gasteiger partial charge in [0, 0.05) is 22.0 Å². The Kier molecular flexibility index (Phi) is 5.90. The minimum atomic E-state index is -0.574. The Balaban J connectivity index is 1.39. The normalized spacial score (nSPS) is 10.6. The van der Waals surface area contributed by atoms with Crippen molar-refractivity contribution in [2.45, 2.75) is 6.92 Å². The molecule has 0 saturated carbocycles. The van der Waals surface area contributed by atoms with Gasteiger partial charge in [-0.3, -0.25) is 15.1 Å². The van der Waals surface area contributed by atoms with Gasteiger partial charge in [-0.05, 0) is 43.3 Å². The third kappa shape index (κ3) is 4.70. The number of pyridine rings is 1. The van der Waals surface area contributed by atoms with Crippen LogP contribution in [0.25, 0.3) is 22.2 Å². The summed E-state index contributed by atoms with van der Waals surface area (Å²) in [6.45, 7) is 1.39. The van der Waals surface area contributed by atoms with E-state index in [-0.39, 0.29) is 0 Å². The van der Waals surface area contributed by atoms with Crippen LogP contribution in [0.4, 0.5) is 5.13 Å². The Bertz CT molecular complexity index is 1250. The summed E-state index contributed by atoms with van der Waals surface area (Å²) in [5.41, 5.74) is 3.42. The number of nitrogens with zero attached hydrogens (tertiary/aromatic N) is 2. The number of carbonyl (C=O) groups is 2. The predicted molar refractivity (Wildman–Crippen MR) is 119 cm³/mol. The number of amides is 1. The second kappa shape index (κ2) is 8.93. The molecule has 1 amide bonds. The van der Waals surface area contributed by atoms with Gasteiger partial charge in [0.25, 0.3) is 5.91 Å². The highest BCUT2D eigenvalue weighted by atomic mass is 32.1. The van der Waals surface area contributed by atoms with Crippen LogP contribution in [0, 0.1) is 6.92 Å². The van der Waals surface area contributed by atoms with E-state index in [1.807, 2.05) is 47.8 Å². The molecule has 0 spiro atoms. The van der Waals surface area contributed by atoms with Crippen LogP contribution in [0.3, 0.4) is 0 Å². The zero-order chi connectivity index (χ0) is 21.8. The largest absolute Gasteiger partial charge is 0.497 e. The van der Waals surface area contributed by atoms with Gasteiger partial charge in [-0.1, -0.05) is 18.2 Å². The first-order valence-corrected chi connectivity index (χ1v) is 10.3. The van der Waals surface area contributed by atoms with Crippen LogP contribution in [0.5, 0.6) is 5.75 Å². The summed E-state index contributed by atoms with van der Waals surface area (Å²) in [5, 5.41) is 5.62. The lowest BCUT2D eigenvalue weighted by molar-refractivity contribution is -0.119. The number of hydrogen-bond acceptors (Lipinski definition) is 7. The fourth-order valence-electron chi connectivity index (χ4n) is 3.07. The fourth-order valence-corrected chi connectivity index (χ4v) is 3.80. The SMILES string of the molecule is COc1ccc(-c2csc(NC(=O)COC(=O)c3cc(C)nc4ccccc34)n2)cc1. The number of nitrogens with one attached hydrogen (secondary N) is 1. The zero-order valence-corrected chi connectivity index (χ0v) is 17.7. The maximum atomic E-state index is 12.6. The van der Waals surface area contributed by atoms with E-state index >= 15 is 0 Å². The van der Waals surface area contributed by atoms with Crippen LogP contribution in [-0.4, -0.2) is 35.6 Å². The van der Waals surface area contributed by atoms with Crippen LogP contribution in [0.1, 0.15) is 16.1 Å². The fraction of sp³-hybridized carbons (Fsp3) is 0.130. The van der Waals surface area contributed by atoms with Crippen LogP contribution >= 0.6 is 11.3 Å². The van der Waals surface area contributed by atoms with Crippen molar-refractivity contribution < 1.29 is 19.1 Å². The molecule has 7 nitrogen and oxygen atoms in total. The Morgan fingerprint density at radius 1 is 1.06 bits per heavy atom. The van der Waals surface area contributed by atoms with Gasteiger partial charge in [0.15, 0.2) is 11.7 Å². The number of thiazole rings is 1. The monoisotopic (exact) mass is 433 g/mol. The van der Waals surface area contributed by atoms with Crippen LogP contribution in [0.2, 0.25) is 0 Å². The summed E-state index contributed by atoms with van der Waals surface area (Å²) in [7, 11) is 1.61. The van der Waals surface area contributed by atoms with E-state index in [2.05, 4.69) is 15.3 Å². The minimum Gasteiger partial charge on any atom is -0.497 e. The van der Waals surface area contributed by atoms with Crippen molar-refractivity contribution in [3.63, 3.8) is 0 Å². The molecular weight excluding hydrogens is 414 g/mol. The smallest absolute Gasteiger partial charge is 0.339 e. The topological polar surface area (TPSA) is 90.4 Å². The van der Waals surface area contributed by atoms with E-state index < -0.39 is 18.5 Å². The van der Waals surface area contributed by atoms with Crippen molar-refractivity contribution in [3.05, 3.63) is 71.2 Å². The molecule has 0 aliphatic rings. The van der Waals surface area contributed by atoms with Gasteiger partial charge in [-0.2, -0.15) is 0 Å². The van der Waals surface area contributed by atoms with E-state index in [0.29, 0.717) is 27.3 Å². The Morgan fingerprint density at radius 2 is 1.84 bits per heavy atom. The maximum Gasteiger partial charge on any atom is 0.339 e. The number of carbonyl (C=O) groups excluding carboxylic acids is 2. The van der Waals surface area contributed by atoms with Crippen molar-refractivity contribution in [1.29, 1.82) is 0 Å². The number of ether oxygens (including phenoxy) is 2. The third-order valence-electron chi connectivity index (χ3n) is 4.53. The molecule has 1 N–H and O–H groups in total. The van der Waals surface area contributed by atoms with E-state index in [9.17, 15) is 9.59 Å². The number of aryl methyl sites for hydroxylation is 1. The lowest BCUT2D eigenvalue weighted by atomic mass is 10.1. The number of anilines is 1. The molecule has 0 fully saturated rings. The molecule has 4 rings (SSSR count). The summed E-state index contributed by atoms with van der Waals surface area (Å²) in [6, 6.07) is 16.4. The molecule has 156 valence electrons. The molecule has 0 radical (unpaired) electrons. The van der Waals surface area contributed by atoms with Gasteiger partial charge in [-0.25, -0.2) is 9.78 Å². The first-order chi connectivity index (χ1) is 15.0. The number of para-hydroxylation sites is 1. The second-order valence-corrected chi connectivity index (χ2v) is 7.58. The van der Waals surface area contributed by atoms with Crippen LogP contribution in [-0.2, 0) is 9.53 Å². The third-order valence-corrected chi connectivity index (χ3v) is 5.29. The molecule has 0 saturated heterocycles. The number of rotatable bonds is 6. The van der Waals surface area contributed by atoms with Crippen LogP contribution in [0.15, 0.2) is 60.0 Å². The average molecular weight is 433 g/mol. The first-order valence-electron chi connectivity index (χ1n) is 9.47. The molecule has 8 heteroatoms. The summed E-state index contributed by atoms with van der Waals surface area (Å²) >= 11 is 1.29. The van der Waals surface area contributed by atoms with Gasteiger partial charge < -0.3 is 9.47 Å². The van der Waals surface area contributed by atoms with E-state index in [4.69, 9.17) is 9.47 Å². The average Bonchev–Trinajstić information content (AvgIpc) is 3.25. The van der Waals surface area contributed by atoms with Gasteiger partial charge in [0.05, 0.1) is 23.9 Å². The summed E-state index contributed by atoms with van der Waals surface area (Å²) < 4.78 is 10.4. The number of aromatic nitrogens is 2. The number of hydrogen-bond donors (Lipinski definition) is 1. The molecule has 0 bridgehead atoms. The molecule has 0 aliphatic heterocycles. The molecule has 2 heterocycles. The van der Waals surface area contributed by atoms with E-state index in [1.54, 1.807) is 26.2 Å². The molecule has 0 atom stereocenters. The van der Waals surface area contributed by atoms with E-state index in [0.717, 1.165) is 17.0 Å². The number of esters is 1. The van der Waals surface area contributed by atoms with Gasteiger partial charge in [-0.15, -0.1) is 11.3 Å². The highest BCUT2D eigenvalue weighted by Crippen LogP contribution is 2.26. The summed E-state index contributed by atoms with van der Waals surface area (Å²) in [6.07, 6.45) is 0. The quantitative estimate of drug-likeness (QED) is 0.451. The molecule has 2 aromatic carbocycles. The minimum absolute atomic E-state index is 0.381. The number of methoxy groups -OCH3 is 1. The Hall–Kier alpha value is -3.78. The van der Waals surface area contributed by atoms with Crippen molar-refractivity contribution >= 4 is 39.2 Å². The van der Waals surface area contributed by atoms with Crippen molar-refractivity contribution in [1.82, 2.24) is 9.97 Å². The van der Waals surface area contributed by atoms with Crippen molar-refractivity contribution in [2.75, 3.05) is 19.0 Å². The van der Waals surface area contributed by atoms with Gasteiger partial charge in [0.1, 0.15) is 5.75 Å². The standard InChI is InChI=1S/C23H19N3O4S/c1-14-11-18(17-5-3-4-6-19(17)24-14)22(28)30-12-21(27)26-23-25-20(13-31-23)15-7-9-16(29-2)10-8-15/h3-11,13H,12H2,1-2H3,(H,25,26,27). The summed E-state index contributed by atoms with van der Waals surface area (Å²) in [5.74, 6) is -0.277. The predicted octanol–water partition coefficient (Wildman–Crippen LogP) is 4.47. The van der Waals surface area contributed by atoms with Crippen LogP contribution < -0.4 is 10.1 Å². The molecule has 31 heavy (non-hydrogen) atoms. The lowest BCUT2D eigenvalue weighted by Crippen LogP contribution is -2.21. The van der Waals surface area contributed by atoms with Crippen molar-refractivity contribution in [3.8, 4) is 17.0 Å². The Morgan fingerprint density at radius 3 is 2.61 bits per heavy atom. The maximum absolute atomic E-state index is 12.6. The molecule has 2 aromatic heterocycles. The van der Waals surface area contributed by atoms with Crippen molar-refractivity contribution in [2.24, 2.45) is 0 Å². The van der Waals surface area contributed by atoms with Gasteiger partial charge >= 0.3 is 5.97 Å². The Labute approximate surface area is 182 Å².